The van der Waals surface area contributed by atoms with Gasteiger partial charge in [-0.1, -0.05) is 12.2 Å². The van der Waals surface area contributed by atoms with Crippen LogP contribution in [0.1, 0.15) is 34.6 Å². The molecule has 0 radical (unpaired) electrons. The number of rotatable bonds is 2. The van der Waals surface area contributed by atoms with Gasteiger partial charge in [0.15, 0.2) is 0 Å². The van der Waals surface area contributed by atoms with E-state index in [2.05, 4.69) is 10.3 Å². The third kappa shape index (κ3) is 4.72. The van der Waals surface area contributed by atoms with Crippen molar-refractivity contribution in [3.8, 4) is 0 Å². The Hall–Kier alpha value is -1.05. The van der Waals surface area contributed by atoms with Crippen molar-refractivity contribution in [2.75, 3.05) is 0 Å². The van der Waals surface area contributed by atoms with Crippen LogP contribution in [0.3, 0.4) is 0 Å². The van der Waals surface area contributed by atoms with Gasteiger partial charge in [0.2, 0.25) is 0 Å². The van der Waals surface area contributed by atoms with E-state index < -0.39 is 0 Å². The van der Waals surface area contributed by atoms with E-state index in [0.717, 1.165) is 17.2 Å². The van der Waals surface area contributed by atoms with Gasteiger partial charge in [0.05, 0.1) is 0 Å². The average molecular weight is 166 g/mol. The highest BCUT2D eigenvalue weighted by Gasteiger charge is 1.89. The second kappa shape index (κ2) is 5.58. The van der Waals surface area contributed by atoms with E-state index in [1.807, 2.05) is 46.8 Å². The molecule has 12 heavy (non-hydrogen) atoms. The Kier molecular flexibility index (Phi) is 5.09. The van der Waals surface area contributed by atoms with Crippen LogP contribution in [0.4, 0.5) is 0 Å². The lowest BCUT2D eigenvalue weighted by atomic mass is 10.4. The number of nitrogens with one attached hydrogen (secondary N) is 1. The molecule has 0 aromatic rings. The summed E-state index contributed by atoms with van der Waals surface area (Å²) in [7, 11) is 0. The molecule has 0 atom stereocenters. The highest BCUT2D eigenvalue weighted by molar-refractivity contribution is 5.81. The molecule has 2 heteroatoms. The summed E-state index contributed by atoms with van der Waals surface area (Å²) in [6, 6.07) is 0. The smallest absolute Gasteiger partial charge is 0.103 e. The molecule has 0 spiro atoms. The van der Waals surface area contributed by atoms with Gasteiger partial charge in [-0.15, -0.1) is 0 Å². The molecule has 0 rings (SSSR count). The van der Waals surface area contributed by atoms with Gasteiger partial charge in [0.25, 0.3) is 0 Å². The number of amidine groups is 1. The normalized spacial score (nSPS) is 14.9. The molecule has 2 nitrogen and oxygen atoms in total. The predicted molar refractivity (Wildman–Crippen MR) is 55.1 cm³/mol. The summed E-state index contributed by atoms with van der Waals surface area (Å²) < 4.78 is 0. The molecule has 0 aromatic heterocycles. The van der Waals surface area contributed by atoms with Crippen LogP contribution in [0.5, 0.6) is 0 Å². The molecule has 0 saturated carbocycles. The van der Waals surface area contributed by atoms with Gasteiger partial charge in [-0.3, -0.25) is 0 Å². The van der Waals surface area contributed by atoms with Crippen LogP contribution in [0.25, 0.3) is 0 Å². The van der Waals surface area contributed by atoms with Crippen molar-refractivity contribution in [3.05, 3.63) is 23.5 Å². The lowest BCUT2D eigenvalue weighted by Gasteiger charge is -2.04. The van der Waals surface area contributed by atoms with E-state index in [4.69, 9.17) is 0 Å². The molecule has 1 N–H and O–H groups in total. The zero-order valence-electron chi connectivity index (χ0n) is 8.60. The first-order valence-electron chi connectivity index (χ1n) is 4.18. The van der Waals surface area contributed by atoms with Crippen molar-refractivity contribution in [2.45, 2.75) is 34.6 Å². The van der Waals surface area contributed by atoms with Crippen molar-refractivity contribution >= 4 is 5.84 Å². The number of allylic oxidation sites excluding steroid dienone is 4. The van der Waals surface area contributed by atoms with Crippen LogP contribution in [0.2, 0.25) is 0 Å². The van der Waals surface area contributed by atoms with Crippen LogP contribution >= 0.6 is 0 Å². The Morgan fingerprint density at radius 1 is 1.08 bits per heavy atom. The number of nitrogens with zero attached hydrogens (tertiary/aromatic N) is 1. The first kappa shape index (κ1) is 11.0. The Morgan fingerprint density at radius 3 is 2.08 bits per heavy atom. The molecule has 0 aliphatic heterocycles. The molecule has 68 valence electrons. The first-order valence-corrected chi connectivity index (χ1v) is 4.18. The molecule has 0 aromatic carbocycles. The molecular formula is C10H18N2. The maximum Gasteiger partial charge on any atom is 0.103 e. The molecule has 0 amide bonds. The minimum absolute atomic E-state index is 0.932. The van der Waals surface area contributed by atoms with Gasteiger partial charge in [0.1, 0.15) is 5.84 Å². The molecule has 0 saturated heterocycles. The van der Waals surface area contributed by atoms with Crippen molar-refractivity contribution in [1.82, 2.24) is 5.32 Å². The van der Waals surface area contributed by atoms with E-state index in [-0.39, 0.29) is 0 Å². The van der Waals surface area contributed by atoms with Crippen LogP contribution in [0, 0.1) is 0 Å². The topological polar surface area (TPSA) is 24.4 Å². The number of hydrogen-bond acceptors (Lipinski definition) is 1. The minimum atomic E-state index is 0.932. The van der Waals surface area contributed by atoms with E-state index in [1.165, 1.54) is 0 Å². The Balaban J connectivity index is 4.21. The van der Waals surface area contributed by atoms with E-state index in [1.54, 1.807) is 0 Å². The molecule has 0 unspecified atom stereocenters. The summed E-state index contributed by atoms with van der Waals surface area (Å²) in [6.45, 7) is 9.94. The summed E-state index contributed by atoms with van der Waals surface area (Å²) >= 11 is 0. The summed E-state index contributed by atoms with van der Waals surface area (Å²) in [5, 5.41) is 3.16. The SMILES string of the molecule is CC=C(C)N=C(C)N/C(C)=C\C. The quantitative estimate of drug-likeness (QED) is 0.495. The average Bonchev–Trinajstić information content (AvgIpc) is 2.03. The summed E-state index contributed by atoms with van der Waals surface area (Å²) in [5.41, 5.74) is 2.16. The van der Waals surface area contributed by atoms with Gasteiger partial charge >= 0.3 is 0 Å². The number of aliphatic imine (C=N–C) groups is 1. The second-order valence-electron chi connectivity index (χ2n) is 2.72. The van der Waals surface area contributed by atoms with Crippen LogP contribution in [-0.2, 0) is 0 Å². The Labute approximate surface area is 75.1 Å². The maximum absolute atomic E-state index is 4.31. The molecule has 0 fully saturated rings. The highest BCUT2D eigenvalue weighted by atomic mass is 15.0. The monoisotopic (exact) mass is 166 g/mol. The van der Waals surface area contributed by atoms with E-state index in [9.17, 15) is 0 Å². The standard InChI is InChI=1S/C10H18N2/c1-6-8(3)11-10(5)12-9(4)7-2/h6-7H,1-5H3,(H,11,12)/b8-6-,9-7?. The largest absolute Gasteiger partial charge is 0.348 e. The van der Waals surface area contributed by atoms with Crippen LogP contribution in [0.15, 0.2) is 28.5 Å². The Bertz CT molecular complexity index is 222. The first-order chi connectivity index (χ1) is 5.60. The molecule has 0 heterocycles. The van der Waals surface area contributed by atoms with Crippen molar-refractivity contribution < 1.29 is 0 Å². The fourth-order valence-corrected chi connectivity index (χ4v) is 0.715. The van der Waals surface area contributed by atoms with E-state index >= 15 is 0 Å². The van der Waals surface area contributed by atoms with Gasteiger partial charge in [-0.05, 0) is 34.6 Å². The number of hydrogen-bond donors (Lipinski definition) is 1. The fourth-order valence-electron chi connectivity index (χ4n) is 0.715. The van der Waals surface area contributed by atoms with Gasteiger partial charge in [-0.25, -0.2) is 4.99 Å². The third-order valence-corrected chi connectivity index (χ3v) is 1.57. The molecule has 0 aliphatic carbocycles. The van der Waals surface area contributed by atoms with Crippen LogP contribution < -0.4 is 5.32 Å². The zero-order valence-corrected chi connectivity index (χ0v) is 8.60. The van der Waals surface area contributed by atoms with Crippen molar-refractivity contribution in [1.29, 1.82) is 0 Å². The van der Waals surface area contributed by atoms with Gasteiger partial charge < -0.3 is 5.32 Å². The Morgan fingerprint density at radius 2 is 1.67 bits per heavy atom. The van der Waals surface area contributed by atoms with Gasteiger partial charge in [0, 0.05) is 11.4 Å². The minimum Gasteiger partial charge on any atom is -0.348 e. The summed E-state index contributed by atoms with van der Waals surface area (Å²) in [5.74, 6) is 0.932. The highest BCUT2D eigenvalue weighted by Crippen LogP contribution is 1.94. The van der Waals surface area contributed by atoms with Crippen molar-refractivity contribution in [2.24, 2.45) is 4.99 Å². The lowest BCUT2D eigenvalue weighted by molar-refractivity contribution is 1.08. The third-order valence-electron chi connectivity index (χ3n) is 1.57. The predicted octanol–water partition coefficient (Wildman–Crippen LogP) is 2.84. The maximum atomic E-state index is 4.31. The van der Waals surface area contributed by atoms with Crippen molar-refractivity contribution in [3.63, 3.8) is 0 Å². The second-order valence-corrected chi connectivity index (χ2v) is 2.72. The van der Waals surface area contributed by atoms with Gasteiger partial charge in [-0.2, -0.15) is 0 Å². The summed E-state index contributed by atoms with van der Waals surface area (Å²) in [4.78, 5) is 4.31. The lowest BCUT2D eigenvalue weighted by Crippen LogP contribution is -2.17. The molecular weight excluding hydrogens is 148 g/mol. The fraction of sp³-hybridized carbons (Fsp3) is 0.500. The molecule has 0 aliphatic rings. The summed E-state index contributed by atoms with van der Waals surface area (Å²) in [6.07, 6.45) is 4.00. The van der Waals surface area contributed by atoms with Crippen LogP contribution in [-0.4, -0.2) is 5.84 Å². The molecule has 0 bridgehead atoms. The van der Waals surface area contributed by atoms with E-state index in [0.29, 0.717) is 0 Å². The zero-order chi connectivity index (χ0) is 9.56.